The van der Waals surface area contributed by atoms with E-state index >= 15 is 0 Å². The molecule has 0 unspecified atom stereocenters. The summed E-state index contributed by atoms with van der Waals surface area (Å²) in [5.74, 6) is 1.87. The molecule has 1 N–H and O–H groups in total. The van der Waals surface area contributed by atoms with E-state index in [2.05, 4.69) is 25.4 Å². The fourth-order valence-corrected chi connectivity index (χ4v) is 3.50. The molecule has 0 spiro atoms. The molecule has 0 aliphatic carbocycles. The highest BCUT2D eigenvalue weighted by atomic mass is 16.5. The molecule has 1 aromatic carbocycles. The molecule has 29 heavy (non-hydrogen) atoms. The lowest BCUT2D eigenvalue weighted by atomic mass is 10.1. The molecule has 1 amide bonds. The van der Waals surface area contributed by atoms with Gasteiger partial charge in [0.25, 0.3) is 5.91 Å². The highest BCUT2D eigenvalue weighted by molar-refractivity contribution is 5.95. The monoisotopic (exact) mass is 396 g/mol. The molecular weight excluding hydrogens is 372 g/mol. The zero-order valence-corrected chi connectivity index (χ0v) is 16.5. The van der Waals surface area contributed by atoms with Crippen molar-refractivity contribution in [2.45, 2.75) is 26.3 Å². The first kappa shape index (κ1) is 19.0. The number of carbonyl (C=O) groups excluding carboxylic acids is 1. The van der Waals surface area contributed by atoms with Gasteiger partial charge in [-0.1, -0.05) is 0 Å². The Morgan fingerprint density at radius 3 is 2.90 bits per heavy atom. The quantitative estimate of drug-likeness (QED) is 0.652. The van der Waals surface area contributed by atoms with Gasteiger partial charge in [-0.25, -0.2) is 4.98 Å². The van der Waals surface area contributed by atoms with Crippen molar-refractivity contribution in [3.63, 3.8) is 0 Å². The Morgan fingerprint density at radius 2 is 2.07 bits per heavy atom. The van der Waals surface area contributed by atoms with Crippen LogP contribution in [0.5, 0.6) is 11.5 Å². The van der Waals surface area contributed by atoms with Gasteiger partial charge in [-0.05, 0) is 38.5 Å². The summed E-state index contributed by atoms with van der Waals surface area (Å²) in [6, 6.07) is 5.29. The molecule has 1 aliphatic heterocycles. The molecule has 0 bridgehead atoms. The maximum atomic E-state index is 12.8. The van der Waals surface area contributed by atoms with Crippen LogP contribution in [0.3, 0.4) is 0 Å². The van der Waals surface area contributed by atoms with E-state index in [1.54, 1.807) is 30.7 Å². The lowest BCUT2D eigenvalue weighted by Crippen LogP contribution is -2.37. The van der Waals surface area contributed by atoms with Gasteiger partial charge in [-0.2, -0.15) is 0 Å². The number of anilines is 1. The number of hydrogen-bond acceptors (Lipinski definition) is 7. The summed E-state index contributed by atoms with van der Waals surface area (Å²) >= 11 is 0. The van der Waals surface area contributed by atoms with Gasteiger partial charge in [0, 0.05) is 37.1 Å². The smallest absolute Gasteiger partial charge is 0.251 e. The lowest BCUT2D eigenvalue weighted by molar-refractivity contribution is 0.0940. The van der Waals surface area contributed by atoms with E-state index < -0.39 is 0 Å². The van der Waals surface area contributed by atoms with Crippen LogP contribution in [-0.4, -0.2) is 57.8 Å². The van der Waals surface area contributed by atoms with Gasteiger partial charge in [-0.3, -0.25) is 9.20 Å². The van der Waals surface area contributed by atoms with Gasteiger partial charge in [-0.15, -0.1) is 10.2 Å². The summed E-state index contributed by atoms with van der Waals surface area (Å²) in [7, 11) is 0. The number of aromatic nitrogens is 4. The first-order valence-electron chi connectivity index (χ1n) is 9.79. The van der Waals surface area contributed by atoms with E-state index in [0.29, 0.717) is 42.5 Å². The van der Waals surface area contributed by atoms with E-state index in [1.165, 1.54) is 0 Å². The molecule has 4 rings (SSSR count). The van der Waals surface area contributed by atoms with Crippen LogP contribution in [0, 0.1) is 0 Å². The zero-order valence-electron chi connectivity index (χ0n) is 16.5. The maximum absolute atomic E-state index is 12.8. The molecule has 0 saturated carbocycles. The average molecular weight is 396 g/mol. The average Bonchev–Trinajstić information content (AvgIpc) is 3.38. The van der Waals surface area contributed by atoms with Crippen molar-refractivity contribution in [3.8, 4) is 11.5 Å². The fourth-order valence-electron chi connectivity index (χ4n) is 3.50. The third kappa shape index (κ3) is 3.94. The van der Waals surface area contributed by atoms with Crippen molar-refractivity contribution < 1.29 is 14.3 Å². The van der Waals surface area contributed by atoms with Gasteiger partial charge in [0.2, 0.25) is 5.65 Å². The lowest BCUT2D eigenvalue weighted by Gasteiger charge is -2.18. The van der Waals surface area contributed by atoms with E-state index in [-0.39, 0.29) is 11.9 Å². The van der Waals surface area contributed by atoms with E-state index in [4.69, 9.17) is 9.47 Å². The number of rotatable bonds is 7. The number of nitrogens with zero attached hydrogens (tertiary/aromatic N) is 5. The van der Waals surface area contributed by atoms with Crippen molar-refractivity contribution >= 4 is 17.4 Å². The summed E-state index contributed by atoms with van der Waals surface area (Å²) in [4.78, 5) is 19.3. The number of ether oxygens (including phenoxy) is 2. The highest BCUT2D eigenvalue weighted by Crippen LogP contribution is 2.29. The summed E-state index contributed by atoms with van der Waals surface area (Å²) in [6.07, 6.45) is 6.03. The summed E-state index contributed by atoms with van der Waals surface area (Å²) in [5.41, 5.74) is 1.26. The number of benzene rings is 1. The topological polar surface area (TPSA) is 93.9 Å². The Balaban J connectivity index is 1.44. The molecule has 1 fully saturated rings. The molecule has 1 aliphatic rings. The molecule has 1 atom stereocenters. The number of carbonyl (C=O) groups is 1. The zero-order chi connectivity index (χ0) is 20.2. The number of amides is 1. The normalized spacial score (nSPS) is 16.2. The van der Waals surface area contributed by atoms with Crippen molar-refractivity contribution in [1.29, 1.82) is 0 Å². The van der Waals surface area contributed by atoms with E-state index in [0.717, 1.165) is 18.8 Å². The molecule has 3 heterocycles. The standard InChI is InChI=1S/C20H24N6O3/c1-3-28-16-6-5-14(11-17(16)29-4-2)20(27)23-15-7-9-25(12-15)18-19-24-22-13-26(19)10-8-21-18/h5-6,8,10-11,13,15H,3-4,7,9,12H2,1-2H3,(H,23,27)/t15-/m1/s1. The largest absolute Gasteiger partial charge is 0.490 e. The first-order chi connectivity index (χ1) is 14.2. The van der Waals surface area contributed by atoms with Crippen molar-refractivity contribution in [2.75, 3.05) is 31.2 Å². The highest BCUT2D eigenvalue weighted by Gasteiger charge is 2.27. The molecule has 9 heteroatoms. The summed E-state index contributed by atoms with van der Waals surface area (Å²) in [5, 5.41) is 11.2. The molecule has 152 valence electrons. The van der Waals surface area contributed by atoms with Crippen molar-refractivity contribution in [1.82, 2.24) is 24.9 Å². The van der Waals surface area contributed by atoms with Crippen LogP contribution in [0.1, 0.15) is 30.6 Å². The predicted molar refractivity (Wildman–Crippen MR) is 108 cm³/mol. The third-order valence-corrected chi connectivity index (χ3v) is 4.83. The minimum Gasteiger partial charge on any atom is -0.490 e. The Kier molecular flexibility index (Phi) is 5.46. The summed E-state index contributed by atoms with van der Waals surface area (Å²) in [6.45, 7) is 6.31. The van der Waals surface area contributed by atoms with Crippen molar-refractivity contribution in [3.05, 3.63) is 42.5 Å². The minimum absolute atomic E-state index is 0.0228. The summed E-state index contributed by atoms with van der Waals surface area (Å²) < 4.78 is 13.0. The second kappa shape index (κ2) is 8.34. The third-order valence-electron chi connectivity index (χ3n) is 4.83. The van der Waals surface area contributed by atoms with Gasteiger partial charge in [0.1, 0.15) is 6.33 Å². The molecular formula is C20H24N6O3. The minimum atomic E-state index is -0.130. The molecule has 9 nitrogen and oxygen atoms in total. The predicted octanol–water partition coefficient (Wildman–Crippen LogP) is 1.93. The van der Waals surface area contributed by atoms with Crippen LogP contribution in [0.15, 0.2) is 36.9 Å². The Morgan fingerprint density at radius 1 is 1.24 bits per heavy atom. The second-order valence-electron chi connectivity index (χ2n) is 6.75. The Labute approximate surface area is 168 Å². The number of fused-ring (bicyclic) bond motifs is 1. The molecule has 0 radical (unpaired) electrons. The molecule has 2 aromatic heterocycles. The van der Waals surface area contributed by atoms with Crippen LogP contribution < -0.4 is 19.7 Å². The SMILES string of the molecule is CCOc1ccc(C(=O)N[C@@H]2CCN(c3nccn4cnnc34)C2)cc1OCC. The van der Waals surface area contributed by atoms with Crippen LogP contribution in [0.2, 0.25) is 0 Å². The fraction of sp³-hybridized carbons (Fsp3) is 0.400. The number of hydrogen-bond donors (Lipinski definition) is 1. The van der Waals surface area contributed by atoms with Gasteiger partial charge in [0.05, 0.1) is 13.2 Å². The van der Waals surface area contributed by atoms with Gasteiger partial charge < -0.3 is 19.7 Å². The van der Waals surface area contributed by atoms with Crippen LogP contribution in [-0.2, 0) is 0 Å². The van der Waals surface area contributed by atoms with Gasteiger partial charge in [0.15, 0.2) is 17.3 Å². The molecule has 3 aromatic rings. The molecule has 1 saturated heterocycles. The van der Waals surface area contributed by atoms with Crippen LogP contribution >= 0.6 is 0 Å². The Bertz CT molecular complexity index is 1000. The maximum Gasteiger partial charge on any atom is 0.251 e. The van der Waals surface area contributed by atoms with E-state index in [9.17, 15) is 4.79 Å². The van der Waals surface area contributed by atoms with E-state index in [1.807, 2.05) is 24.4 Å². The van der Waals surface area contributed by atoms with Crippen molar-refractivity contribution in [2.24, 2.45) is 0 Å². The Hall–Kier alpha value is -3.36. The van der Waals surface area contributed by atoms with Crippen LogP contribution in [0.25, 0.3) is 5.65 Å². The first-order valence-corrected chi connectivity index (χ1v) is 9.79. The number of nitrogens with one attached hydrogen (secondary N) is 1. The second-order valence-corrected chi connectivity index (χ2v) is 6.75. The van der Waals surface area contributed by atoms with Gasteiger partial charge >= 0.3 is 0 Å². The van der Waals surface area contributed by atoms with Crippen LogP contribution in [0.4, 0.5) is 5.82 Å².